The molecule has 1 aromatic carbocycles. The Morgan fingerprint density at radius 3 is 2.38 bits per heavy atom. The van der Waals surface area contributed by atoms with Gasteiger partial charge in [0.1, 0.15) is 11.8 Å². The third kappa shape index (κ3) is 5.76. The van der Waals surface area contributed by atoms with Crippen LogP contribution in [0.25, 0.3) is 0 Å². The molecule has 1 aromatic rings. The summed E-state index contributed by atoms with van der Waals surface area (Å²) in [6.07, 6.45) is 1.84. The predicted octanol–water partition coefficient (Wildman–Crippen LogP) is 2.66. The van der Waals surface area contributed by atoms with Gasteiger partial charge in [-0.25, -0.2) is 4.79 Å². The highest BCUT2D eigenvalue weighted by molar-refractivity contribution is 5.96. The molecule has 0 spiro atoms. The first-order chi connectivity index (χ1) is 9.93. The van der Waals surface area contributed by atoms with Gasteiger partial charge < -0.3 is 15.2 Å². The maximum atomic E-state index is 12.0. The minimum absolute atomic E-state index is 0.0673. The van der Waals surface area contributed by atoms with Crippen LogP contribution in [-0.2, 0) is 4.79 Å². The van der Waals surface area contributed by atoms with E-state index < -0.39 is 24.5 Å². The van der Waals surface area contributed by atoms with Gasteiger partial charge in [-0.3, -0.25) is 4.79 Å². The highest BCUT2D eigenvalue weighted by Gasteiger charge is 2.20. The first-order valence-corrected chi connectivity index (χ1v) is 6.52. The minimum atomic E-state index is -2.94. The molecule has 5 nitrogen and oxygen atoms in total. The van der Waals surface area contributed by atoms with Crippen LogP contribution >= 0.6 is 0 Å². The molecule has 0 saturated heterocycles. The number of carboxylic acid groups (broad SMARTS) is 1. The zero-order chi connectivity index (χ0) is 15.8. The van der Waals surface area contributed by atoms with Crippen LogP contribution in [0.15, 0.2) is 24.3 Å². The molecule has 0 aliphatic rings. The fourth-order valence-electron chi connectivity index (χ4n) is 1.69. The van der Waals surface area contributed by atoms with Crippen molar-refractivity contribution in [2.24, 2.45) is 0 Å². The second kappa shape index (κ2) is 8.18. The second-order valence-electron chi connectivity index (χ2n) is 4.41. The van der Waals surface area contributed by atoms with E-state index in [0.29, 0.717) is 12.8 Å². The summed E-state index contributed by atoms with van der Waals surface area (Å²) in [5.41, 5.74) is 0.180. The van der Waals surface area contributed by atoms with Crippen LogP contribution in [-0.4, -0.2) is 29.6 Å². The van der Waals surface area contributed by atoms with Crippen LogP contribution in [0.3, 0.4) is 0 Å². The SMILES string of the molecule is CCCCC(NC(=O)c1ccc(OC(F)F)cc1)C(=O)O. The molecule has 0 saturated carbocycles. The Morgan fingerprint density at radius 1 is 1.29 bits per heavy atom. The van der Waals surface area contributed by atoms with Crippen LogP contribution in [0, 0.1) is 0 Å². The van der Waals surface area contributed by atoms with Gasteiger partial charge in [0.05, 0.1) is 0 Å². The molecule has 0 bridgehead atoms. The molecule has 1 amide bonds. The first kappa shape index (κ1) is 16.9. The summed E-state index contributed by atoms with van der Waals surface area (Å²) in [7, 11) is 0. The number of carboxylic acids is 1. The Bertz CT molecular complexity index is 476. The van der Waals surface area contributed by atoms with Gasteiger partial charge in [-0.15, -0.1) is 0 Å². The van der Waals surface area contributed by atoms with Gasteiger partial charge in [-0.05, 0) is 30.7 Å². The molecule has 1 unspecified atom stereocenters. The number of hydrogen-bond donors (Lipinski definition) is 2. The minimum Gasteiger partial charge on any atom is -0.480 e. The van der Waals surface area contributed by atoms with Gasteiger partial charge in [0.25, 0.3) is 5.91 Å². The van der Waals surface area contributed by atoms with Crippen molar-refractivity contribution in [3.8, 4) is 5.75 Å². The summed E-state index contributed by atoms with van der Waals surface area (Å²) in [5.74, 6) is -1.74. The number of hydrogen-bond acceptors (Lipinski definition) is 3. The number of alkyl halides is 2. The van der Waals surface area contributed by atoms with Crippen LogP contribution in [0.4, 0.5) is 8.78 Å². The number of unbranched alkanes of at least 4 members (excludes halogenated alkanes) is 1. The molecular formula is C14H17F2NO4. The third-order valence-corrected chi connectivity index (χ3v) is 2.79. The Morgan fingerprint density at radius 2 is 1.90 bits per heavy atom. The lowest BCUT2D eigenvalue weighted by Gasteiger charge is -2.14. The van der Waals surface area contributed by atoms with Crippen molar-refractivity contribution in [2.75, 3.05) is 0 Å². The van der Waals surface area contributed by atoms with Crippen molar-refractivity contribution in [3.05, 3.63) is 29.8 Å². The molecule has 1 atom stereocenters. The number of aliphatic carboxylic acids is 1. The van der Waals surface area contributed by atoms with E-state index in [9.17, 15) is 18.4 Å². The number of amides is 1. The average Bonchev–Trinajstić information content (AvgIpc) is 2.43. The number of benzene rings is 1. The van der Waals surface area contributed by atoms with Crippen molar-refractivity contribution in [2.45, 2.75) is 38.8 Å². The summed E-state index contributed by atoms with van der Waals surface area (Å²) >= 11 is 0. The number of carbonyl (C=O) groups is 2. The maximum absolute atomic E-state index is 12.0. The summed E-state index contributed by atoms with van der Waals surface area (Å²) in [6.45, 7) is -1.02. The van der Waals surface area contributed by atoms with E-state index in [-0.39, 0.29) is 11.3 Å². The fourth-order valence-corrected chi connectivity index (χ4v) is 1.69. The fraction of sp³-hybridized carbons (Fsp3) is 0.429. The molecule has 0 fully saturated rings. The van der Waals surface area contributed by atoms with E-state index in [0.717, 1.165) is 6.42 Å². The number of carbonyl (C=O) groups excluding carboxylic acids is 1. The Hall–Kier alpha value is -2.18. The summed E-state index contributed by atoms with van der Waals surface area (Å²) < 4.78 is 28.1. The monoisotopic (exact) mass is 301 g/mol. The molecule has 7 heteroatoms. The van der Waals surface area contributed by atoms with Crippen molar-refractivity contribution in [3.63, 3.8) is 0 Å². The Balaban J connectivity index is 2.67. The highest BCUT2D eigenvalue weighted by Crippen LogP contribution is 2.15. The lowest BCUT2D eigenvalue weighted by atomic mass is 10.1. The summed E-state index contributed by atoms with van der Waals surface area (Å²) in [4.78, 5) is 22.9. The summed E-state index contributed by atoms with van der Waals surface area (Å²) in [6, 6.07) is 4.08. The zero-order valence-electron chi connectivity index (χ0n) is 11.5. The first-order valence-electron chi connectivity index (χ1n) is 6.52. The van der Waals surface area contributed by atoms with Crippen LogP contribution < -0.4 is 10.1 Å². The van der Waals surface area contributed by atoms with Gasteiger partial charge >= 0.3 is 12.6 Å². The standard InChI is InChI=1S/C14H17F2NO4/c1-2-3-4-11(13(19)20)17-12(18)9-5-7-10(8-6-9)21-14(15)16/h5-8,11,14H,2-4H2,1H3,(H,17,18)(H,19,20). The van der Waals surface area contributed by atoms with Crippen molar-refractivity contribution in [1.29, 1.82) is 0 Å². The Labute approximate surface area is 120 Å². The summed E-state index contributed by atoms with van der Waals surface area (Å²) in [5, 5.41) is 11.4. The molecule has 116 valence electrons. The Kier molecular flexibility index (Phi) is 6.58. The van der Waals surface area contributed by atoms with Crippen LogP contribution in [0.2, 0.25) is 0 Å². The van der Waals surface area contributed by atoms with E-state index in [1.165, 1.54) is 24.3 Å². The van der Waals surface area contributed by atoms with Crippen molar-refractivity contribution < 1.29 is 28.2 Å². The van der Waals surface area contributed by atoms with E-state index in [4.69, 9.17) is 5.11 Å². The number of nitrogens with one attached hydrogen (secondary N) is 1. The molecule has 0 radical (unpaired) electrons. The molecule has 0 aromatic heterocycles. The average molecular weight is 301 g/mol. The molecular weight excluding hydrogens is 284 g/mol. The molecule has 2 N–H and O–H groups in total. The number of rotatable bonds is 8. The van der Waals surface area contributed by atoms with Crippen molar-refractivity contribution in [1.82, 2.24) is 5.32 Å². The highest BCUT2D eigenvalue weighted by atomic mass is 19.3. The van der Waals surface area contributed by atoms with Gasteiger partial charge in [0.2, 0.25) is 0 Å². The van der Waals surface area contributed by atoms with E-state index in [1.807, 2.05) is 6.92 Å². The van der Waals surface area contributed by atoms with Crippen LogP contribution in [0.1, 0.15) is 36.5 Å². The molecule has 21 heavy (non-hydrogen) atoms. The van der Waals surface area contributed by atoms with Crippen molar-refractivity contribution >= 4 is 11.9 Å². The van der Waals surface area contributed by atoms with E-state index in [2.05, 4.69) is 10.1 Å². The van der Waals surface area contributed by atoms with E-state index >= 15 is 0 Å². The zero-order valence-corrected chi connectivity index (χ0v) is 11.5. The molecule has 1 rings (SSSR count). The molecule has 0 aliphatic carbocycles. The molecule has 0 aliphatic heterocycles. The van der Waals surface area contributed by atoms with Crippen LogP contribution in [0.5, 0.6) is 5.75 Å². The van der Waals surface area contributed by atoms with Gasteiger partial charge in [-0.1, -0.05) is 19.8 Å². The maximum Gasteiger partial charge on any atom is 0.387 e. The molecule has 0 heterocycles. The lowest BCUT2D eigenvalue weighted by Crippen LogP contribution is -2.40. The number of halogens is 2. The van der Waals surface area contributed by atoms with Gasteiger partial charge in [0.15, 0.2) is 0 Å². The van der Waals surface area contributed by atoms with E-state index in [1.54, 1.807) is 0 Å². The van der Waals surface area contributed by atoms with Gasteiger partial charge in [-0.2, -0.15) is 8.78 Å². The topological polar surface area (TPSA) is 75.6 Å². The largest absolute Gasteiger partial charge is 0.480 e. The van der Waals surface area contributed by atoms with Gasteiger partial charge in [0, 0.05) is 5.56 Å². The lowest BCUT2D eigenvalue weighted by molar-refractivity contribution is -0.139. The predicted molar refractivity (Wildman–Crippen MR) is 71.5 cm³/mol. The smallest absolute Gasteiger partial charge is 0.387 e. The third-order valence-electron chi connectivity index (χ3n) is 2.79. The second-order valence-corrected chi connectivity index (χ2v) is 4.41. The number of ether oxygens (including phenoxy) is 1. The normalized spacial score (nSPS) is 12.0. The quantitative estimate of drug-likeness (QED) is 0.774.